The summed E-state index contributed by atoms with van der Waals surface area (Å²) in [7, 11) is 0. The van der Waals surface area contributed by atoms with Crippen LogP contribution in [0, 0.1) is 0 Å². The number of aromatic nitrogens is 1. The largest absolute Gasteiger partial charge is 0.471 e. The number of hydrogen-bond acceptors (Lipinski definition) is 3. The molecule has 0 spiro atoms. The van der Waals surface area contributed by atoms with E-state index in [0.29, 0.717) is 17.9 Å². The van der Waals surface area contributed by atoms with Gasteiger partial charge in [0.15, 0.2) is 12.4 Å². The molecule has 1 aliphatic carbocycles. The molecule has 0 amide bonds. The lowest BCUT2D eigenvalue weighted by molar-refractivity contribution is 0.0789. The van der Waals surface area contributed by atoms with Crippen molar-refractivity contribution in [3.8, 4) is 5.88 Å². The van der Waals surface area contributed by atoms with Crippen LogP contribution in [0.4, 0.5) is 8.78 Å². The van der Waals surface area contributed by atoms with Crippen molar-refractivity contribution >= 4 is 5.78 Å². The predicted octanol–water partition coefficient (Wildman–Crippen LogP) is 3.20. The Hall–Kier alpha value is -1.52. The van der Waals surface area contributed by atoms with E-state index < -0.39 is 13.0 Å². The van der Waals surface area contributed by atoms with Crippen molar-refractivity contribution in [1.29, 1.82) is 0 Å². The van der Waals surface area contributed by atoms with Crippen LogP contribution in [0.5, 0.6) is 5.88 Å². The molecule has 1 fully saturated rings. The molecule has 3 nitrogen and oxygen atoms in total. The Morgan fingerprint density at radius 2 is 2.28 bits per heavy atom. The fourth-order valence-electron chi connectivity index (χ4n) is 1.78. The molecule has 0 aliphatic heterocycles. The maximum Gasteiger partial charge on any atom is 0.272 e. The third-order valence-corrected chi connectivity index (χ3v) is 2.89. The Labute approximate surface area is 104 Å². The van der Waals surface area contributed by atoms with E-state index in [1.54, 1.807) is 13.0 Å². The van der Waals surface area contributed by atoms with Gasteiger partial charge in [0.05, 0.1) is 0 Å². The van der Waals surface area contributed by atoms with Crippen molar-refractivity contribution in [3.63, 3.8) is 0 Å². The molecule has 1 aromatic heterocycles. The van der Waals surface area contributed by atoms with Crippen LogP contribution in [0.15, 0.2) is 12.3 Å². The number of Topliss-reactive ketones (excluding diaryl/α,β-unsaturated/α-hetero) is 1. The summed E-state index contributed by atoms with van der Waals surface area (Å²) in [6, 6.07) is 1.73. The lowest BCUT2D eigenvalue weighted by Gasteiger charge is -2.10. The second-order valence-electron chi connectivity index (χ2n) is 4.37. The quantitative estimate of drug-likeness (QED) is 0.733. The highest BCUT2D eigenvalue weighted by atomic mass is 19.3. The molecule has 98 valence electrons. The fourth-order valence-corrected chi connectivity index (χ4v) is 1.78. The van der Waals surface area contributed by atoms with Crippen LogP contribution in [0.25, 0.3) is 0 Å². The number of pyridine rings is 1. The molecule has 2 rings (SSSR count). The van der Waals surface area contributed by atoms with E-state index in [-0.39, 0.29) is 11.7 Å². The number of carbonyl (C=O) groups is 1. The van der Waals surface area contributed by atoms with E-state index in [0.717, 1.165) is 18.4 Å². The number of carbonyl (C=O) groups excluding carboxylic acids is 1. The molecule has 5 heteroatoms. The zero-order valence-corrected chi connectivity index (χ0v) is 10.2. The zero-order chi connectivity index (χ0) is 13.1. The van der Waals surface area contributed by atoms with Gasteiger partial charge in [-0.15, -0.1) is 0 Å². The first-order valence-corrected chi connectivity index (χ1v) is 6.06. The Morgan fingerprint density at radius 3 is 2.83 bits per heavy atom. The normalized spacial score (nSPS) is 14.9. The van der Waals surface area contributed by atoms with Gasteiger partial charge in [0.1, 0.15) is 0 Å². The Kier molecular flexibility index (Phi) is 3.89. The van der Waals surface area contributed by atoms with Crippen molar-refractivity contribution in [2.24, 2.45) is 0 Å². The smallest absolute Gasteiger partial charge is 0.272 e. The number of hydrogen-bond donors (Lipinski definition) is 0. The first kappa shape index (κ1) is 12.9. The van der Waals surface area contributed by atoms with Crippen LogP contribution in [0.2, 0.25) is 0 Å². The maximum atomic E-state index is 12.1. The van der Waals surface area contributed by atoms with Gasteiger partial charge in [-0.1, -0.05) is 6.92 Å². The number of alkyl halides is 2. The summed E-state index contributed by atoms with van der Waals surface area (Å²) in [5.41, 5.74) is 1.32. The minimum absolute atomic E-state index is 0.00445. The van der Waals surface area contributed by atoms with Gasteiger partial charge < -0.3 is 4.74 Å². The highest BCUT2D eigenvalue weighted by Crippen LogP contribution is 2.44. The monoisotopic (exact) mass is 255 g/mol. The van der Waals surface area contributed by atoms with Crippen LogP contribution in [0.3, 0.4) is 0 Å². The average Bonchev–Trinajstić information content (AvgIpc) is 3.19. The molecule has 0 bridgehead atoms. The molecule has 1 heterocycles. The van der Waals surface area contributed by atoms with Crippen molar-refractivity contribution in [2.45, 2.75) is 38.5 Å². The number of nitrogens with zero attached hydrogens (tertiary/aromatic N) is 1. The van der Waals surface area contributed by atoms with Gasteiger partial charge in [-0.05, 0) is 24.8 Å². The minimum atomic E-state index is -2.52. The van der Waals surface area contributed by atoms with E-state index in [1.807, 2.05) is 0 Å². The lowest BCUT2D eigenvalue weighted by atomic mass is 10.1. The standard InChI is InChI=1S/C13H15F2NO2/c1-2-11(17)9-5-10(8-3-4-8)13(16-6-9)18-7-12(14)15/h5-6,8,12H,2-4,7H2,1H3. The molecule has 1 aromatic rings. The van der Waals surface area contributed by atoms with Crippen molar-refractivity contribution in [2.75, 3.05) is 6.61 Å². The SMILES string of the molecule is CCC(=O)c1cnc(OCC(F)F)c(C2CC2)c1. The van der Waals surface area contributed by atoms with Gasteiger partial charge in [0.25, 0.3) is 6.43 Å². The first-order valence-electron chi connectivity index (χ1n) is 6.06. The number of halogens is 2. The second kappa shape index (κ2) is 5.42. The molecule has 18 heavy (non-hydrogen) atoms. The number of rotatable bonds is 6. The summed E-state index contributed by atoms with van der Waals surface area (Å²) >= 11 is 0. The van der Waals surface area contributed by atoms with Gasteiger partial charge in [0, 0.05) is 23.7 Å². The molecular weight excluding hydrogens is 240 g/mol. The summed E-state index contributed by atoms with van der Waals surface area (Å²) in [5.74, 6) is 0.546. The van der Waals surface area contributed by atoms with Gasteiger partial charge >= 0.3 is 0 Å². The molecule has 0 saturated heterocycles. The minimum Gasteiger partial charge on any atom is -0.471 e. The van der Waals surface area contributed by atoms with E-state index in [4.69, 9.17) is 4.74 Å². The fraction of sp³-hybridized carbons (Fsp3) is 0.538. The van der Waals surface area contributed by atoms with Gasteiger partial charge in [-0.3, -0.25) is 4.79 Å². The van der Waals surface area contributed by atoms with Crippen molar-refractivity contribution in [3.05, 3.63) is 23.4 Å². The van der Waals surface area contributed by atoms with E-state index >= 15 is 0 Å². The first-order chi connectivity index (χ1) is 8.61. The number of ether oxygens (including phenoxy) is 1. The third kappa shape index (κ3) is 3.03. The molecule has 0 atom stereocenters. The van der Waals surface area contributed by atoms with Crippen molar-refractivity contribution in [1.82, 2.24) is 4.98 Å². The third-order valence-electron chi connectivity index (χ3n) is 2.89. The van der Waals surface area contributed by atoms with Crippen molar-refractivity contribution < 1.29 is 18.3 Å². The van der Waals surface area contributed by atoms with Crippen LogP contribution in [0.1, 0.15) is 48.0 Å². The van der Waals surface area contributed by atoms with Crippen LogP contribution in [-0.2, 0) is 0 Å². The average molecular weight is 255 g/mol. The lowest BCUT2D eigenvalue weighted by Crippen LogP contribution is -2.10. The van der Waals surface area contributed by atoms with E-state index in [2.05, 4.69) is 4.98 Å². The highest BCUT2D eigenvalue weighted by Gasteiger charge is 2.28. The van der Waals surface area contributed by atoms with E-state index in [9.17, 15) is 13.6 Å². The number of ketones is 1. The second-order valence-corrected chi connectivity index (χ2v) is 4.37. The maximum absolute atomic E-state index is 12.1. The Bertz CT molecular complexity index is 445. The summed E-state index contributed by atoms with van der Waals surface area (Å²) in [6.07, 6.45) is 1.28. The molecule has 1 saturated carbocycles. The summed E-state index contributed by atoms with van der Waals surface area (Å²) < 4.78 is 29.2. The highest BCUT2D eigenvalue weighted by molar-refractivity contribution is 5.95. The molecule has 1 aliphatic rings. The summed E-state index contributed by atoms with van der Waals surface area (Å²) in [4.78, 5) is 15.6. The molecule has 0 aromatic carbocycles. The molecule has 0 radical (unpaired) electrons. The Morgan fingerprint density at radius 1 is 1.56 bits per heavy atom. The zero-order valence-electron chi connectivity index (χ0n) is 10.2. The van der Waals surface area contributed by atoms with Crippen LogP contribution >= 0.6 is 0 Å². The topological polar surface area (TPSA) is 39.2 Å². The van der Waals surface area contributed by atoms with Gasteiger partial charge in [0.2, 0.25) is 5.88 Å². The summed E-state index contributed by atoms with van der Waals surface area (Å²) in [5, 5.41) is 0. The van der Waals surface area contributed by atoms with Crippen LogP contribution < -0.4 is 4.74 Å². The Balaban J connectivity index is 2.21. The van der Waals surface area contributed by atoms with Gasteiger partial charge in [-0.25, -0.2) is 13.8 Å². The predicted molar refractivity (Wildman–Crippen MR) is 62.3 cm³/mol. The van der Waals surface area contributed by atoms with Crippen LogP contribution in [-0.4, -0.2) is 23.8 Å². The molecular formula is C13H15F2NO2. The van der Waals surface area contributed by atoms with Gasteiger partial charge in [-0.2, -0.15) is 0 Å². The molecule has 0 N–H and O–H groups in total. The van der Waals surface area contributed by atoms with E-state index in [1.165, 1.54) is 6.20 Å². The summed E-state index contributed by atoms with van der Waals surface area (Å²) in [6.45, 7) is 1.12. The molecule has 0 unspecified atom stereocenters.